The molecule has 1 aromatic heterocycles. The van der Waals surface area contributed by atoms with Crippen molar-refractivity contribution in [1.29, 1.82) is 0 Å². The van der Waals surface area contributed by atoms with Gasteiger partial charge in [-0.2, -0.15) is 13.2 Å². The van der Waals surface area contributed by atoms with E-state index >= 15 is 0 Å². The number of likely N-dealkylation sites (tertiary alicyclic amines) is 1. The van der Waals surface area contributed by atoms with Gasteiger partial charge in [0.1, 0.15) is 5.69 Å². The van der Waals surface area contributed by atoms with E-state index in [1.807, 2.05) is 0 Å². The average Bonchev–Trinajstić information content (AvgIpc) is 2.97. The standard InChI is InChI=1S/C13H14F3N3O/c14-13(15,16)11-2-1-8(5-18-11)12(20)19-6-9-3-17-4-10(9)7-19/h1-2,5,9-10,17H,3-4,6-7H2/t9-,10+. The smallest absolute Gasteiger partial charge is 0.338 e. The van der Waals surface area contributed by atoms with Crippen LogP contribution in [0.15, 0.2) is 18.3 Å². The topological polar surface area (TPSA) is 45.2 Å². The number of halogens is 3. The van der Waals surface area contributed by atoms with Crippen molar-refractivity contribution < 1.29 is 18.0 Å². The minimum atomic E-state index is -4.47. The fourth-order valence-corrected chi connectivity index (χ4v) is 2.89. The second-order valence-corrected chi connectivity index (χ2v) is 5.32. The van der Waals surface area contributed by atoms with Crippen LogP contribution in [0.3, 0.4) is 0 Å². The molecule has 1 aromatic rings. The van der Waals surface area contributed by atoms with E-state index < -0.39 is 11.9 Å². The Balaban J connectivity index is 1.72. The summed E-state index contributed by atoms with van der Waals surface area (Å²) in [4.78, 5) is 17.3. The predicted octanol–water partition coefficient (Wildman–Crippen LogP) is 1.39. The highest BCUT2D eigenvalue weighted by molar-refractivity contribution is 5.94. The summed E-state index contributed by atoms with van der Waals surface area (Å²) in [5.41, 5.74) is -0.762. The highest BCUT2D eigenvalue weighted by Gasteiger charge is 2.38. The van der Waals surface area contributed by atoms with Crippen LogP contribution >= 0.6 is 0 Å². The molecule has 0 spiro atoms. The molecule has 20 heavy (non-hydrogen) atoms. The van der Waals surface area contributed by atoms with Crippen LogP contribution < -0.4 is 5.32 Å². The van der Waals surface area contributed by atoms with Crippen LogP contribution in [0.1, 0.15) is 16.1 Å². The maximum atomic E-state index is 12.4. The second kappa shape index (κ2) is 4.73. The van der Waals surface area contributed by atoms with E-state index in [0.717, 1.165) is 25.4 Å². The zero-order valence-electron chi connectivity index (χ0n) is 10.7. The lowest BCUT2D eigenvalue weighted by molar-refractivity contribution is -0.141. The van der Waals surface area contributed by atoms with E-state index in [4.69, 9.17) is 0 Å². The first kappa shape index (κ1) is 13.4. The molecule has 0 unspecified atom stereocenters. The molecule has 0 saturated carbocycles. The SMILES string of the molecule is O=C(c1ccc(C(F)(F)F)nc1)N1C[C@H]2CNC[C@H]2C1. The van der Waals surface area contributed by atoms with Crippen molar-refractivity contribution in [2.45, 2.75) is 6.18 Å². The maximum absolute atomic E-state index is 12.4. The largest absolute Gasteiger partial charge is 0.433 e. The molecule has 108 valence electrons. The third-order valence-electron chi connectivity index (χ3n) is 3.98. The molecule has 1 N–H and O–H groups in total. The summed E-state index contributed by atoms with van der Waals surface area (Å²) in [6.45, 7) is 3.13. The monoisotopic (exact) mass is 285 g/mol. The molecule has 2 aliphatic heterocycles. The lowest BCUT2D eigenvalue weighted by atomic mass is 10.0. The molecule has 3 rings (SSSR count). The fraction of sp³-hybridized carbons (Fsp3) is 0.538. The molecule has 2 saturated heterocycles. The number of aromatic nitrogens is 1. The molecule has 2 fully saturated rings. The van der Waals surface area contributed by atoms with E-state index in [2.05, 4.69) is 10.3 Å². The number of nitrogens with zero attached hydrogens (tertiary/aromatic N) is 2. The van der Waals surface area contributed by atoms with Gasteiger partial charge in [0.25, 0.3) is 5.91 Å². The fourth-order valence-electron chi connectivity index (χ4n) is 2.89. The Kier molecular flexibility index (Phi) is 3.16. The minimum Gasteiger partial charge on any atom is -0.338 e. The average molecular weight is 285 g/mol. The lowest BCUT2D eigenvalue weighted by Gasteiger charge is -2.17. The number of pyridine rings is 1. The Hall–Kier alpha value is -1.63. The van der Waals surface area contributed by atoms with E-state index in [9.17, 15) is 18.0 Å². The molecule has 0 bridgehead atoms. The van der Waals surface area contributed by atoms with Crippen LogP contribution in [0.25, 0.3) is 0 Å². The first-order valence-corrected chi connectivity index (χ1v) is 6.48. The second-order valence-electron chi connectivity index (χ2n) is 5.32. The van der Waals surface area contributed by atoms with Gasteiger partial charge >= 0.3 is 6.18 Å². The summed E-state index contributed by atoms with van der Waals surface area (Å²) in [6, 6.07) is 2.05. The summed E-state index contributed by atoms with van der Waals surface area (Å²) >= 11 is 0. The zero-order valence-corrected chi connectivity index (χ0v) is 10.7. The van der Waals surface area contributed by atoms with E-state index in [1.165, 1.54) is 6.07 Å². The molecule has 3 heterocycles. The van der Waals surface area contributed by atoms with Gasteiger partial charge in [-0.25, -0.2) is 0 Å². The highest BCUT2D eigenvalue weighted by Crippen LogP contribution is 2.29. The Labute approximate surface area is 114 Å². The number of fused-ring (bicyclic) bond motifs is 1. The molecule has 0 radical (unpaired) electrons. The molecule has 1 amide bonds. The number of hydrogen-bond acceptors (Lipinski definition) is 3. The van der Waals surface area contributed by atoms with Crippen molar-refractivity contribution in [2.24, 2.45) is 11.8 Å². The Bertz CT molecular complexity index is 503. The van der Waals surface area contributed by atoms with E-state index in [-0.39, 0.29) is 11.5 Å². The molecule has 4 nitrogen and oxygen atoms in total. The Morgan fingerprint density at radius 3 is 2.40 bits per heavy atom. The molecular weight excluding hydrogens is 271 g/mol. The van der Waals surface area contributed by atoms with E-state index in [1.54, 1.807) is 4.90 Å². The Morgan fingerprint density at radius 1 is 1.25 bits per heavy atom. The summed E-state index contributed by atoms with van der Waals surface area (Å²) in [6.07, 6.45) is -3.46. The highest BCUT2D eigenvalue weighted by atomic mass is 19.4. The first-order chi connectivity index (χ1) is 9.45. The molecule has 0 aliphatic carbocycles. The van der Waals surface area contributed by atoms with Crippen LogP contribution in [0.5, 0.6) is 0 Å². The van der Waals surface area contributed by atoms with E-state index in [0.29, 0.717) is 24.9 Å². The summed E-state index contributed by atoms with van der Waals surface area (Å²) in [5, 5.41) is 3.27. The number of amides is 1. The number of hydrogen-bond donors (Lipinski definition) is 1. The molecule has 7 heteroatoms. The molecule has 2 aliphatic rings. The van der Waals surface area contributed by atoms with Crippen LogP contribution in [-0.2, 0) is 6.18 Å². The van der Waals surface area contributed by atoms with Gasteiger partial charge in [-0.05, 0) is 24.0 Å². The van der Waals surface area contributed by atoms with Gasteiger partial charge in [0.2, 0.25) is 0 Å². The van der Waals surface area contributed by atoms with Crippen LogP contribution in [0, 0.1) is 11.8 Å². The maximum Gasteiger partial charge on any atom is 0.433 e. The van der Waals surface area contributed by atoms with Gasteiger partial charge in [0.05, 0.1) is 5.56 Å². The van der Waals surface area contributed by atoms with Crippen molar-refractivity contribution in [2.75, 3.05) is 26.2 Å². The minimum absolute atomic E-state index is 0.214. The summed E-state index contributed by atoms with van der Waals surface area (Å²) in [7, 11) is 0. The molecular formula is C13H14F3N3O. The van der Waals surface area contributed by atoms with Crippen molar-refractivity contribution in [3.05, 3.63) is 29.6 Å². The first-order valence-electron chi connectivity index (χ1n) is 6.48. The normalized spacial score (nSPS) is 25.9. The van der Waals surface area contributed by atoms with Gasteiger partial charge in [-0.15, -0.1) is 0 Å². The number of rotatable bonds is 1. The van der Waals surface area contributed by atoms with Gasteiger partial charge in [-0.1, -0.05) is 0 Å². The van der Waals surface area contributed by atoms with Gasteiger partial charge in [0.15, 0.2) is 0 Å². The summed E-state index contributed by atoms with van der Waals surface area (Å²) in [5.74, 6) is 0.684. The molecule has 2 atom stereocenters. The molecule has 0 aromatic carbocycles. The van der Waals surface area contributed by atoms with Crippen molar-refractivity contribution >= 4 is 5.91 Å². The lowest BCUT2D eigenvalue weighted by Crippen LogP contribution is -2.32. The summed E-state index contributed by atoms with van der Waals surface area (Å²) < 4.78 is 37.2. The predicted molar refractivity (Wildman–Crippen MR) is 65.0 cm³/mol. The van der Waals surface area contributed by atoms with Gasteiger partial charge < -0.3 is 10.2 Å². The number of nitrogens with one attached hydrogen (secondary N) is 1. The number of carbonyl (C=O) groups excluding carboxylic acids is 1. The van der Waals surface area contributed by atoms with Crippen molar-refractivity contribution in [3.8, 4) is 0 Å². The van der Waals surface area contributed by atoms with Crippen LogP contribution in [-0.4, -0.2) is 42.0 Å². The third-order valence-corrected chi connectivity index (χ3v) is 3.98. The van der Waals surface area contributed by atoms with Crippen LogP contribution in [0.4, 0.5) is 13.2 Å². The van der Waals surface area contributed by atoms with Crippen molar-refractivity contribution in [1.82, 2.24) is 15.2 Å². The Morgan fingerprint density at radius 2 is 1.90 bits per heavy atom. The van der Waals surface area contributed by atoms with Gasteiger partial charge in [-0.3, -0.25) is 9.78 Å². The van der Waals surface area contributed by atoms with Crippen molar-refractivity contribution in [3.63, 3.8) is 0 Å². The number of alkyl halides is 3. The quantitative estimate of drug-likeness (QED) is 0.848. The number of carbonyl (C=O) groups is 1. The van der Waals surface area contributed by atoms with Crippen LogP contribution in [0.2, 0.25) is 0 Å². The van der Waals surface area contributed by atoms with Gasteiger partial charge in [0, 0.05) is 32.4 Å². The zero-order chi connectivity index (χ0) is 14.3. The third kappa shape index (κ3) is 2.37.